The highest BCUT2D eigenvalue weighted by molar-refractivity contribution is 14.1. The van der Waals surface area contributed by atoms with Gasteiger partial charge >= 0.3 is 0 Å². The Balaban J connectivity index is 0.000000183. The van der Waals surface area contributed by atoms with E-state index in [-0.39, 0.29) is 23.3 Å². The van der Waals surface area contributed by atoms with E-state index in [1.807, 2.05) is 50.2 Å². The van der Waals surface area contributed by atoms with E-state index in [2.05, 4.69) is 78.3 Å². The van der Waals surface area contributed by atoms with Crippen molar-refractivity contribution >= 4 is 124 Å². The predicted molar refractivity (Wildman–Crippen MR) is 228 cm³/mol. The number of hydrogen-bond donors (Lipinski definition) is 4. The highest BCUT2D eigenvalue weighted by Crippen LogP contribution is 2.27. The van der Waals surface area contributed by atoms with Crippen molar-refractivity contribution in [1.29, 1.82) is 0 Å². The van der Waals surface area contributed by atoms with Crippen LogP contribution < -0.4 is 11.1 Å². The number of aromatic amines is 2. The van der Waals surface area contributed by atoms with Crippen molar-refractivity contribution in [1.82, 2.24) is 60.4 Å². The molecule has 0 atom stereocenters. The van der Waals surface area contributed by atoms with Gasteiger partial charge in [-0.3, -0.25) is 24.7 Å². The van der Waals surface area contributed by atoms with Crippen LogP contribution in [0, 0.1) is 17.5 Å². The van der Waals surface area contributed by atoms with Gasteiger partial charge in [-0.05, 0) is 95.6 Å². The standard InChI is InChI=1S/C25H21Cl2N7O.C6H3ClIN3.C6H4ClN3/c1-13-7-21(28)32-14(2)18(13)11-31-25(35)23-22-20(5-6-29-24(22)27)34(33-23)12-15-3-4-19-16(8-15)9-17(26)10-30-19;7-5-4-3(1-2-9-5)10-11-6(4)8;7-6-4-3-9-10-5(4)1-2-8-6/h3-10H,11-12H2,1-2H3,(H2,28,32)(H,31,35);1-2H,(H,10,11);1-3H,(H,9,10). The van der Waals surface area contributed by atoms with Gasteiger partial charge in [0.1, 0.15) is 25.0 Å². The first-order chi connectivity index (χ1) is 27.0. The lowest BCUT2D eigenvalue weighted by atomic mass is 10.1. The van der Waals surface area contributed by atoms with Crippen LogP contribution in [0.2, 0.25) is 20.5 Å². The van der Waals surface area contributed by atoms with Gasteiger partial charge in [0.15, 0.2) is 5.69 Å². The summed E-state index contributed by atoms with van der Waals surface area (Å²) < 4.78 is 2.67. The van der Waals surface area contributed by atoms with Gasteiger partial charge in [0.05, 0.1) is 56.0 Å². The third kappa shape index (κ3) is 8.46. The highest BCUT2D eigenvalue weighted by atomic mass is 127. The number of carbonyl (C=O) groups is 1. The molecule has 9 rings (SSSR count). The van der Waals surface area contributed by atoms with Gasteiger partial charge in [-0.25, -0.2) is 19.9 Å². The Labute approximate surface area is 351 Å². The molecule has 9 aromatic rings. The molecule has 0 bridgehead atoms. The quantitative estimate of drug-likeness (QED) is 0.0958. The molecule has 19 heteroatoms. The third-order valence-corrected chi connectivity index (χ3v) is 10.4. The smallest absolute Gasteiger partial charge is 0.272 e. The average Bonchev–Trinajstić information content (AvgIpc) is 3.91. The molecular weight excluding hydrogens is 911 g/mol. The summed E-state index contributed by atoms with van der Waals surface area (Å²) in [7, 11) is 0. The Bertz CT molecular complexity index is 2870. The van der Waals surface area contributed by atoms with Crippen molar-refractivity contribution in [2.24, 2.45) is 0 Å². The molecule has 0 aliphatic carbocycles. The van der Waals surface area contributed by atoms with Gasteiger partial charge in [0.25, 0.3) is 5.91 Å². The first kappa shape index (κ1) is 39.1. The molecule has 0 radical (unpaired) electrons. The number of nitrogens with one attached hydrogen (secondary N) is 3. The van der Waals surface area contributed by atoms with Gasteiger partial charge in [-0.15, -0.1) is 0 Å². The lowest BCUT2D eigenvalue weighted by Crippen LogP contribution is -2.25. The molecule has 282 valence electrons. The van der Waals surface area contributed by atoms with E-state index in [4.69, 9.17) is 52.1 Å². The molecule has 1 amide bonds. The number of nitrogens with zero attached hydrogens (tertiary/aromatic N) is 9. The maximum absolute atomic E-state index is 13.2. The van der Waals surface area contributed by atoms with E-state index in [0.29, 0.717) is 38.6 Å². The highest BCUT2D eigenvalue weighted by Gasteiger charge is 2.21. The number of H-pyrrole nitrogens is 2. The van der Waals surface area contributed by atoms with Gasteiger partial charge in [-0.1, -0.05) is 52.5 Å². The van der Waals surface area contributed by atoms with Crippen molar-refractivity contribution < 1.29 is 4.79 Å². The summed E-state index contributed by atoms with van der Waals surface area (Å²) in [5.41, 5.74) is 13.0. The maximum Gasteiger partial charge on any atom is 0.272 e. The number of fused-ring (bicyclic) bond motifs is 4. The summed E-state index contributed by atoms with van der Waals surface area (Å²) in [5.74, 6) is 0.0955. The minimum Gasteiger partial charge on any atom is -0.384 e. The first-order valence-electron chi connectivity index (χ1n) is 16.6. The number of rotatable bonds is 5. The fraction of sp³-hybridized carbons (Fsp3) is 0.108. The second kappa shape index (κ2) is 16.9. The van der Waals surface area contributed by atoms with E-state index >= 15 is 0 Å². The molecule has 14 nitrogen and oxygen atoms in total. The molecule has 0 saturated carbocycles. The third-order valence-electron chi connectivity index (χ3n) is 8.57. The minimum absolute atomic E-state index is 0.210. The van der Waals surface area contributed by atoms with E-state index in [1.54, 1.807) is 47.8 Å². The zero-order valence-corrected chi connectivity index (χ0v) is 34.5. The van der Waals surface area contributed by atoms with Crippen molar-refractivity contribution in [2.75, 3.05) is 5.73 Å². The molecule has 8 heterocycles. The lowest BCUT2D eigenvalue weighted by molar-refractivity contribution is 0.0946. The Morgan fingerprint density at radius 3 is 2.38 bits per heavy atom. The van der Waals surface area contributed by atoms with E-state index in [9.17, 15) is 4.79 Å². The van der Waals surface area contributed by atoms with E-state index in [0.717, 1.165) is 58.8 Å². The van der Waals surface area contributed by atoms with Gasteiger partial charge in [0.2, 0.25) is 0 Å². The number of nitrogen functional groups attached to an aromatic ring is 1. The SMILES string of the molecule is Cc1cc(N)nc(C)c1CNC(=O)c1nn(Cc2ccc3ncc(Cl)cc3c2)c2ccnc(Cl)c12.Clc1nccc2[nH]ncc12.Clc1nccc2n[nH]c(I)c12. The zero-order valence-electron chi connectivity index (χ0n) is 29.3. The number of aromatic nitrogens is 11. The van der Waals surface area contributed by atoms with Crippen LogP contribution in [0.4, 0.5) is 5.82 Å². The summed E-state index contributed by atoms with van der Waals surface area (Å²) in [6.07, 6.45) is 8.16. The molecule has 0 saturated heterocycles. The van der Waals surface area contributed by atoms with Crippen LogP contribution in [0.25, 0.3) is 43.6 Å². The van der Waals surface area contributed by atoms with Crippen LogP contribution >= 0.6 is 69.0 Å². The molecule has 0 unspecified atom stereocenters. The number of pyridine rings is 5. The minimum atomic E-state index is -0.353. The Morgan fingerprint density at radius 2 is 1.61 bits per heavy atom. The van der Waals surface area contributed by atoms with Crippen LogP contribution in [0.3, 0.4) is 0 Å². The van der Waals surface area contributed by atoms with Gasteiger partial charge in [-0.2, -0.15) is 15.3 Å². The molecule has 0 aliphatic heterocycles. The maximum atomic E-state index is 13.2. The molecule has 0 aliphatic rings. The van der Waals surface area contributed by atoms with Gasteiger partial charge < -0.3 is 11.1 Å². The second-order valence-corrected chi connectivity index (χ2v) is 14.8. The largest absolute Gasteiger partial charge is 0.384 e. The van der Waals surface area contributed by atoms with Crippen molar-refractivity contribution in [3.05, 3.63) is 132 Å². The molecule has 1 aromatic carbocycles. The fourth-order valence-corrected chi connectivity index (χ4v) is 7.60. The summed E-state index contributed by atoms with van der Waals surface area (Å²) in [6, 6.07) is 15.0. The molecule has 5 N–H and O–H groups in total. The first-order valence-corrected chi connectivity index (χ1v) is 19.2. The van der Waals surface area contributed by atoms with Crippen LogP contribution in [0.5, 0.6) is 0 Å². The van der Waals surface area contributed by atoms with Crippen LogP contribution in [-0.4, -0.2) is 61.0 Å². The second-order valence-electron chi connectivity index (χ2n) is 12.3. The van der Waals surface area contributed by atoms with Crippen LogP contribution in [-0.2, 0) is 13.1 Å². The number of amides is 1. The lowest BCUT2D eigenvalue weighted by Gasteiger charge is -2.11. The summed E-state index contributed by atoms with van der Waals surface area (Å²) in [5, 5.41) is 26.0. The van der Waals surface area contributed by atoms with Crippen molar-refractivity contribution in [3.8, 4) is 0 Å². The number of benzene rings is 1. The molecule has 56 heavy (non-hydrogen) atoms. The average molecular weight is 939 g/mol. The van der Waals surface area contributed by atoms with Gasteiger partial charge in [0, 0.05) is 42.4 Å². The monoisotopic (exact) mass is 937 g/mol. The summed E-state index contributed by atoms with van der Waals surface area (Å²) in [6.45, 7) is 4.51. The predicted octanol–water partition coefficient (Wildman–Crippen LogP) is 8.69. The van der Waals surface area contributed by atoms with E-state index in [1.165, 1.54) is 0 Å². The number of hydrogen-bond acceptors (Lipinski definition) is 10. The number of aryl methyl sites for hydroxylation is 2. The molecular formula is C37H28Cl4IN13O. The number of carbonyl (C=O) groups excluding carboxylic acids is 1. The topological polar surface area (TPSA) is 195 Å². The summed E-state index contributed by atoms with van der Waals surface area (Å²) in [4.78, 5) is 33.8. The number of anilines is 1. The molecule has 0 fully saturated rings. The Morgan fingerprint density at radius 1 is 0.857 bits per heavy atom. The zero-order chi connectivity index (χ0) is 39.5. The normalized spacial score (nSPS) is 11.1. The van der Waals surface area contributed by atoms with Crippen molar-refractivity contribution in [3.63, 3.8) is 0 Å². The molecule has 0 spiro atoms. The van der Waals surface area contributed by atoms with Crippen LogP contribution in [0.1, 0.15) is 32.9 Å². The Kier molecular flexibility index (Phi) is 11.8. The number of nitrogens with two attached hydrogens (primary N) is 1. The summed E-state index contributed by atoms with van der Waals surface area (Å²) >= 11 is 26.2. The fourth-order valence-electron chi connectivity index (χ4n) is 5.92. The van der Waals surface area contributed by atoms with Crippen LogP contribution in [0.15, 0.2) is 79.5 Å². The number of halogens is 5. The molecule has 8 aromatic heterocycles. The van der Waals surface area contributed by atoms with E-state index < -0.39 is 0 Å². The van der Waals surface area contributed by atoms with Crippen molar-refractivity contribution in [2.45, 2.75) is 26.9 Å². The Hall–Kier alpha value is -5.20.